The number of nitrogens with one attached hydrogen (secondary N) is 1. The predicted molar refractivity (Wildman–Crippen MR) is 67.6 cm³/mol. The Bertz CT molecular complexity index is 424. The van der Waals surface area contributed by atoms with Crippen molar-refractivity contribution in [3.63, 3.8) is 0 Å². The number of carboxylic acids is 1. The molecule has 0 aromatic carbocycles. The zero-order chi connectivity index (χ0) is 13.7. The molecule has 0 spiro atoms. The second-order valence-electron chi connectivity index (χ2n) is 4.60. The van der Waals surface area contributed by atoms with Crippen LogP contribution in [0.1, 0.15) is 12.8 Å². The molecule has 0 atom stereocenters. The third-order valence-corrected chi connectivity index (χ3v) is 3.31. The van der Waals surface area contributed by atoms with Crippen molar-refractivity contribution >= 4 is 12.0 Å². The number of likely N-dealkylation sites (tertiary alicyclic amines) is 1. The number of nitrogens with zero attached hydrogens (tertiary/aromatic N) is 3. The van der Waals surface area contributed by atoms with Gasteiger partial charge in [-0.15, -0.1) is 0 Å². The molecule has 1 aliphatic rings. The van der Waals surface area contributed by atoms with E-state index >= 15 is 0 Å². The van der Waals surface area contributed by atoms with Crippen LogP contribution in [0.2, 0.25) is 0 Å². The highest BCUT2D eigenvalue weighted by molar-refractivity contribution is 5.75. The van der Waals surface area contributed by atoms with Gasteiger partial charge >= 0.3 is 12.0 Å². The average molecular weight is 266 g/mol. The molecule has 0 unspecified atom stereocenters. The lowest BCUT2D eigenvalue weighted by Gasteiger charge is -2.30. The van der Waals surface area contributed by atoms with E-state index in [0.717, 1.165) is 0 Å². The fourth-order valence-electron chi connectivity index (χ4n) is 2.15. The summed E-state index contributed by atoms with van der Waals surface area (Å²) < 4.78 is 1.75. The van der Waals surface area contributed by atoms with Crippen LogP contribution in [0.25, 0.3) is 0 Å². The first kappa shape index (κ1) is 13.4. The first-order valence-electron chi connectivity index (χ1n) is 6.40. The van der Waals surface area contributed by atoms with Crippen molar-refractivity contribution in [1.29, 1.82) is 0 Å². The minimum absolute atomic E-state index is 0.129. The maximum atomic E-state index is 11.8. The Kier molecular flexibility index (Phi) is 4.38. The van der Waals surface area contributed by atoms with Crippen LogP contribution in [0, 0.1) is 5.92 Å². The summed E-state index contributed by atoms with van der Waals surface area (Å²) in [4.78, 5) is 24.3. The Morgan fingerprint density at radius 2 is 2.11 bits per heavy atom. The van der Waals surface area contributed by atoms with Gasteiger partial charge in [-0.05, 0) is 18.9 Å². The predicted octanol–water partition coefficient (Wildman–Crippen LogP) is 0.389. The summed E-state index contributed by atoms with van der Waals surface area (Å²) in [5, 5.41) is 15.7. The van der Waals surface area contributed by atoms with Crippen LogP contribution >= 0.6 is 0 Å². The molecule has 7 heteroatoms. The number of rotatable bonds is 4. The number of hydrogen-bond acceptors (Lipinski definition) is 3. The van der Waals surface area contributed by atoms with Crippen LogP contribution in [-0.4, -0.2) is 51.4 Å². The molecule has 1 fully saturated rings. The maximum absolute atomic E-state index is 11.8. The minimum Gasteiger partial charge on any atom is -0.481 e. The molecule has 2 rings (SSSR count). The van der Waals surface area contributed by atoms with E-state index in [0.29, 0.717) is 39.0 Å². The Morgan fingerprint density at radius 1 is 1.37 bits per heavy atom. The van der Waals surface area contributed by atoms with Crippen molar-refractivity contribution in [2.24, 2.45) is 5.92 Å². The number of aromatic nitrogens is 2. The van der Waals surface area contributed by atoms with Gasteiger partial charge in [0.25, 0.3) is 0 Å². The van der Waals surface area contributed by atoms with E-state index in [9.17, 15) is 9.59 Å². The molecule has 19 heavy (non-hydrogen) atoms. The Labute approximate surface area is 111 Å². The average Bonchev–Trinajstić information content (AvgIpc) is 2.92. The third kappa shape index (κ3) is 3.70. The SMILES string of the molecule is O=C(O)C1CCN(C(=O)NCCn2cccn2)CC1. The molecule has 7 nitrogen and oxygen atoms in total. The van der Waals surface area contributed by atoms with Gasteiger partial charge in [0.15, 0.2) is 0 Å². The molecule has 2 heterocycles. The van der Waals surface area contributed by atoms with Gasteiger partial charge in [-0.25, -0.2) is 4.79 Å². The topological polar surface area (TPSA) is 87.5 Å². The van der Waals surface area contributed by atoms with E-state index in [2.05, 4.69) is 10.4 Å². The summed E-state index contributed by atoms with van der Waals surface area (Å²) in [6.45, 7) is 2.15. The van der Waals surface area contributed by atoms with Crippen molar-refractivity contribution < 1.29 is 14.7 Å². The molecule has 0 saturated carbocycles. The van der Waals surface area contributed by atoms with Crippen LogP contribution in [0.15, 0.2) is 18.5 Å². The normalized spacial score (nSPS) is 16.3. The van der Waals surface area contributed by atoms with Crippen LogP contribution in [0.4, 0.5) is 4.79 Å². The minimum atomic E-state index is -0.765. The number of amides is 2. The van der Waals surface area contributed by atoms with Crippen molar-refractivity contribution in [3.05, 3.63) is 18.5 Å². The zero-order valence-electron chi connectivity index (χ0n) is 10.7. The standard InChI is InChI=1S/C12H18N4O3/c17-11(18)10-2-7-15(8-3-10)12(19)13-5-9-16-6-1-4-14-16/h1,4,6,10H,2-3,5,7-9H2,(H,13,19)(H,17,18). The van der Waals surface area contributed by atoms with E-state index in [-0.39, 0.29) is 11.9 Å². The molecule has 2 amide bonds. The van der Waals surface area contributed by atoms with E-state index in [1.165, 1.54) is 0 Å². The molecule has 1 aromatic rings. The lowest BCUT2D eigenvalue weighted by Crippen LogP contribution is -2.46. The number of carbonyl (C=O) groups excluding carboxylic acids is 1. The molecular formula is C12H18N4O3. The number of carboxylic acid groups (broad SMARTS) is 1. The summed E-state index contributed by atoms with van der Waals surface area (Å²) in [6, 6.07) is 1.70. The molecule has 104 valence electrons. The highest BCUT2D eigenvalue weighted by atomic mass is 16.4. The monoisotopic (exact) mass is 266 g/mol. The largest absolute Gasteiger partial charge is 0.481 e. The number of piperidine rings is 1. The molecule has 1 aromatic heterocycles. The molecule has 0 radical (unpaired) electrons. The summed E-state index contributed by atoms with van der Waals surface area (Å²) in [5.41, 5.74) is 0. The molecule has 2 N–H and O–H groups in total. The van der Waals surface area contributed by atoms with Crippen molar-refractivity contribution in [2.45, 2.75) is 19.4 Å². The molecule has 0 bridgehead atoms. The lowest BCUT2D eigenvalue weighted by molar-refractivity contribution is -0.143. The quantitative estimate of drug-likeness (QED) is 0.825. The van der Waals surface area contributed by atoms with Gasteiger partial charge in [0.1, 0.15) is 0 Å². The van der Waals surface area contributed by atoms with E-state index in [1.807, 2.05) is 12.3 Å². The third-order valence-electron chi connectivity index (χ3n) is 3.31. The highest BCUT2D eigenvalue weighted by Gasteiger charge is 2.26. The number of carbonyl (C=O) groups is 2. The van der Waals surface area contributed by atoms with Crippen molar-refractivity contribution in [1.82, 2.24) is 20.0 Å². The summed E-state index contributed by atoms with van der Waals surface area (Å²) in [7, 11) is 0. The zero-order valence-corrected chi connectivity index (χ0v) is 10.7. The Balaban J connectivity index is 1.68. The highest BCUT2D eigenvalue weighted by Crippen LogP contribution is 2.16. The van der Waals surface area contributed by atoms with Gasteiger partial charge < -0.3 is 15.3 Å². The van der Waals surface area contributed by atoms with Crippen LogP contribution < -0.4 is 5.32 Å². The molecule has 1 aliphatic heterocycles. The summed E-state index contributed by atoms with van der Waals surface area (Å²) >= 11 is 0. The number of urea groups is 1. The van der Waals surface area contributed by atoms with Gasteiger partial charge in [0.05, 0.1) is 12.5 Å². The number of aliphatic carboxylic acids is 1. The van der Waals surface area contributed by atoms with Gasteiger partial charge in [0, 0.05) is 32.0 Å². The van der Waals surface area contributed by atoms with E-state index in [4.69, 9.17) is 5.11 Å². The van der Waals surface area contributed by atoms with Crippen molar-refractivity contribution in [2.75, 3.05) is 19.6 Å². The Hall–Kier alpha value is -2.05. The fourth-order valence-corrected chi connectivity index (χ4v) is 2.15. The van der Waals surface area contributed by atoms with Crippen LogP contribution in [0.3, 0.4) is 0 Å². The second-order valence-corrected chi connectivity index (χ2v) is 4.60. The first-order valence-corrected chi connectivity index (χ1v) is 6.40. The van der Waals surface area contributed by atoms with Crippen LogP contribution in [-0.2, 0) is 11.3 Å². The Morgan fingerprint density at radius 3 is 2.68 bits per heavy atom. The molecule has 1 saturated heterocycles. The maximum Gasteiger partial charge on any atom is 0.317 e. The van der Waals surface area contributed by atoms with E-state index < -0.39 is 5.97 Å². The molecule has 0 aliphatic carbocycles. The first-order chi connectivity index (χ1) is 9.16. The summed E-state index contributed by atoms with van der Waals surface area (Å²) in [6.07, 6.45) is 4.59. The second kappa shape index (κ2) is 6.21. The van der Waals surface area contributed by atoms with Gasteiger partial charge in [-0.3, -0.25) is 9.48 Å². The smallest absolute Gasteiger partial charge is 0.317 e. The summed E-state index contributed by atoms with van der Waals surface area (Å²) in [5.74, 6) is -1.08. The molecular weight excluding hydrogens is 248 g/mol. The van der Waals surface area contributed by atoms with Crippen LogP contribution in [0.5, 0.6) is 0 Å². The van der Waals surface area contributed by atoms with Gasteiger partial charge in [0.2, 0.25) is 0 Å². The fraction of sp³-hybridized carbons (Fsp3) is 0.583. The van der Waals surface area contributed by atoms with Crippen molar-refractivity contribution in [3.8, 4) is 0 Å². The lowest BCUT2D eigenvalue weighted by atomic mass is 9.97. The van der Waals surface area contributed by atoms with Gasteiger partial charge in [-0.1, -0.05) is 0 Å². The number of hydrogen-bond donors (Lipinski definition) is 2. The van der Waals surface area contributed by atoms with Gasteiger partial charge in [-0.2, -0.15) is 5.10 Å². The van der Waals surface area contributed by atoms with E-state index in [1.54, 1.807) is 15.8 Å².